The van der Waals surface area contributed by atoms with E-state index >= 15 is 0 Å². The maximum Gasteiger partial charge on any atom is 0.320 e. The Kier molecular flexibility index (Phi) is 4.94. The van der Waals surface area contributed by atoms with Gasteiger partial charge in [-0.3, -0.25) is 4.79 Å². The van der Waals surface area contributed by atoms with E-state index in [1.165, 1.54) is 7.11 Å². The summed E-state index contributed by atoms with van der Waals surface area (Å²) in [6, 6.07) is 15.2. The van der Waals surface area contributed by atoms with Crippen LogP contribution in [0.1, 0.15) is 17.0 Å². The van der Waals surface area contributed by atoms with Crippen molar-refractivity contribution in [1.29, 1.82) is 0 Å². The Morgan fingerprint density at radius 3 is 2.44 bits per heavy atom. The van der Waals surface area contributed by atoms with E-state index in [4.69, 9.17) is 10.2 Å². The lowest BCUT2D eigenvalue weighted by atomic mass is 10.1. The lowest BCUT2D eigenvalue weighted by Gasteiger charge is -2.03. The van der Waals surface area contributed by atoms with Crippen LogP contribution < -0.4 is 11.1 Å². The fourth-order valence-corrected chi connectivity index (χ4v) is 2.25. The van der Waals surface area contributed by atoms with E-state index in [0.717, 1.165) is 16.8 Å². The van der Waals surface area contributed by atoms with E-state index in [-0.39, 0.29) is 12.4 Å². The number of hydrogen-bond donors (Lipinski definition) is 2. The quantitative estimate of drug-likeness (QED) is 0.526. The Hall–Kier alpha value is -3.35. The maximum atomic E-state index is 11.3. The van der Waals surface area contributed by atoms with Crippen molar-refractivity contribution in [3.05, 3.63) is 65.5 Å². The predicted octanol–water partition coefficient (Wildman–Crippen LogP) is 2.70. The fourth-order valence-electron chi connectivity index (χ4n) is 2.25. The number of nitrogens with zero attached hydrogens (tertiary/aromatic N) is 2. The zero-order chi connectivity index (χ0) is 17.6. The number of nitrogens with two attached hydrogens (primary N) is 1. The van der Waals surface area contributed by atoms with Gasteiger partial charge in [-0.2, -0.15) is 0 Å². The van der Waals surface area contributed by atoms with Crippen LogP contribution in [0.15, 0.2) is 52.9 Å². The van der Waals surface area contributed by atoms with Crippen molar-refractivity contribution >= 4 is 23.4 Å². The predicted molar refractivity (Wildman–Crippen MR) is 93.4 cm³/mol. The molecule has 0 saturated carbocycles. The molecule has 3 aromatic rings. The third-order valence-corrected chi connectivity index (χ3v) is 3.58. The van der Waals surface area contributed by atoms with Crippen LogP contribution in [0.2, 0.25) is 0 Å². The third-order valence-electron chi connectivity index (χ3n) is 3.58. The number of nitrogens with one attached hydrogen (secondary N) is 1. The third kappa shape index (κ3) is 4.57. The van der Waals surface area contributed by atoms with Crippen molar-refractivity contribution in [2.24, 2.45) is 0 Å². The number of hydrogen-bond acceptors (Lipinski definition) is 7. The molecule has 0 atom stereocenters. The van der Waals surface area contributed by atoms with Crippen molar-refractivity contribution in [2.75, 3.05) is 18.2 Å². The van der Waals surface area contributed by atoms with Crippen molar-refractivity contribution in [1.82, 2.24) is 10.2 Å². The second-order valence-electron chi connectivity index (χ2n) is 5.49. The zero-order valence-electron chi connectivity index (χ0n) is 13.7. The van der Waals surface area contributed by atoms with Gasteiger partial charge in [-0.15, -0.1) is 5.10 Å². The van der Waals surface area contributed by atoms with Gasteiger partial charge in [0, 0.05) is 11.4 Å². The van der Waals surface area contributed by atoms with Crippen molar-refractivity contribution in [3.8, 4) is 0 Å². The summed E-state index contributed by atoms with van der Waals surface area (Å²) in [5.74, 6) is 0.236. The average Bonchev–Trinajstić information content (AvgIpc) is 3.05. The molecular formula is C18H18N4O3. The van der Waals surface area contributed by atoms with Gasteiger partial charge in [-0.25, -0.2) is 0 Å². The number of esters is 1. The van der Waals surface area contributed by atoms with E-state index in [1.807, 2.05) is 48.5 Å². The molecule has 1 aromatic heterocycles. The number of nitrogen functional groups attached to an aromatic ring is 1. The molecule has 0 aliphatic rings. The van der Waals surface area contributed by atoms with Gasteiger partial charge < -0.3 is 20.2 Å². The molecule has 0 spiro atoms. The number of ether oxygens (including phenoxy) is 1. The van der Waals surface area contributed by atoms with Gasteiger partial charge in [-0.1, -0.05) is 29.4 Å². The van der Waals surface area contributed by atoms with Crippen molar-refractivity contribution < 1.29 is 13.9 Å². The Bertz CT molecular complexity index is 842. The van der Waals surface area contributed by atoms with Gasteiger partial charge in [0.05, 0.1) is 20.0 Å². The molecular weight excluding hydrogens is 320 g/mol. The smallest absolute Gasteiger partial charge is 0.320 e. The molecule has 128 valence electrons. The van der Waals surface area contributed by atoms with Gasteiger partial charge in [0.15, 0.2) is 0 Å². The lowest BCUT2D eigenvalue weighted by molar-refractivity contribution is -0.139. The molecule has 7 nitrogen and oxygen atoms in total. The van der Waals surface area contributed by atoms with Gasteiger partial charge >= 0.3 is 12.0 Å². The molecule has 7 heteroatoms. The van der Waals surface area contributed by atoms with Crippen LogP contribution in [-0.2, 0) is 22.4 Å². The topological polar surface area (TPSA) is 103 Å². The normalized spacial score (nSPS) is 10.4. The van der Waals surface area contributed by atoms with E-state index in [9.17, 15) is 4.79 Å². The SMILES string of the molecule is COC(=O)Cc1ccc(Nc2nnc(Cc3ccc(N)cc3)o2)cc1. The first-order valence-electron chi connectivity index (χ1n) is 7.72. The molecule has 0 fully saturated rings. The Balaban J connectivity index is 1.61. The Morgan fingerprint density at radius 2 is 1.76 bits per heavy atom. The largest absolute Gasteiger partial charge is 0.469 e. The number of rotatable bonds is 6. The first-order valence-corrected chi connectivity index (χ1v) is 7.72. The molecule has 0 unspecified atom stereocenters. The Morgan fingerprint density at radius 1 is 1.08 bits per heavy atom. The molecule has 1 heterocycles. The number of anilines is 3. The molecule has 2 aromatic carbocycles. The molecule has 3 N–H and O–H groups in total. The highest BCUT2D eigenvalue weighted by Crippen LogP contribution is 2.18. The van der Waals surface area contributed by atoms with Crippen molar-refractivity contribution in [2.45, 2.75) is 12.8 Å². The highest BCUT2D eigenvalue weighted by atomic mass is 16.5. The van der Waals surface area contributed by atoms with Crippen LogP contribution >= 0.6 is 0 Å². The average molecular weight is 338 g/mol. The Labute approximate surface area is 144 Å². The standard InChI is InChI=1S/C18H18N4O3/c1-24-17(23)11-13-4-8-15(9-5-13)20-18-22-21-16(25-18)10-12-2-6-14(19)7-3-12/h2-9H,10-11,19H2,1H3,(H,20,22). The lowest BCUT2D eigenvalue weighted by Crippen LogP contribution is -2.04. The fraction of sp³-hybridized carbons (Fsp3) is 0.167. The first-order chi connectivity index (χ1) is 12.1. The highest BCUT2D eigenvalue weighted by molar-refractivity contribution is 5.72. The van der Waals surface area contributed by atoms with Gasteiger partial charge in [0.25, 0.3) is 0 Å². The maximum absolute atomic E-state index is 11.3. The van der Waals surface area contributed by atoms with Crippen LogP contribution in [0.5, 0.6) is 0 Å². The van der Waals surface area contributed by atoms with Crippen LogP contribution in [0.3, 0.4) is 0 Å². The molecule has 0 aliphatic heterocycles. The number of benzene rings is 2. The van der Waals surface area contributed by atoms with Gasteiger partial charge in [0.1, 0.15) is 0 Å². The molecule has 0 amide bonds. The van der Waals surface area contributed by atoms with E-state index in [0.29, 0.717) is 24.0 Å². The summed E-state index contributed by atoms with van der Waals surface area (Å²) in [6.07, 6.45) is 0.774. The summed E-state index contributed by atoms with van der Waals surface area (Å²) in [5.41, 5.74) is 9.08. The van der Waals surface area contributed by atoms with Crippen LogP contribution in [0, 0.1) is 0 Å². The van der Waals surface area contributed by atoms with Crippen LogP contribution in [0.25, 0.3) is 0 Å². The first kappa shape index (κ1) is 16.5. The monoisotopic (exact) mass is 338 g/mol. The summed E-state index contributed by atoms with van der Waals surface area (Å²) in [4.78, 5) is 11.3. The second kappa shape index (κ2) is 7.48. The summed E-state index contributed by atoms with van der Waals surface area (Å²) >= 11 is 0. The molecule has 25 heavy (non-hydrogen) atoms. The summed E-state index contributed by atoms with van der Waals surface area (Å²) in [5, 5.41) is 11.0. The summed E-state index contributed by atoms with van der Waals surface area (Å²) < 4.78 is 10.2. The number of carbonyl (C=O) groups is 1. The summed E-state index contributed by atoms with van der Waals surface area (Å²) in [6.45, 7) is 0. The molecule has 0 saturated heterocycles. The van der Waals surface area contributed by atoms with E-state index in [1.54, 1.807) is 0 Å². The van der Waals surface area contributed by atoms with Gasteiger partial charge in [-0.05, 0) is 35.4 Å². The minimum absolute atomic E-state index is 0.239. The zero-order valence-corrected chi connectivity index (χ0v) is 13.7. The number of methoxy groups -OCH3 is 1. The highest BCUT2D eigenvalue weighted by Gasteiger charge is 2.08. The van der Waals surface area contributed by atoms with Crippen LogP contribution in [0.4, 0.5) is 17.4 Å². The van der Waals surface area contributed by atoms with Gasteiger partial charge in [0.2, 0.25) is 5.89 Å². The van der Waals surface area contributed by atoms with E-state index in [2.05, 4.69) is 20.3 Å². The molecule has 0 radical (unpaired) electrons. The van der Waals surface area contributed by atoms with Crippen molar-refractivity contribution in [3.63, 3.8) is 0 Å². The molecule has 0 aliphatic carbocycles. The van der Waals surface area contributed by atoms with Crippen LogP contribution in [-0.4, -0.2) is 23.3 Å². The molecule has 0 bridgehead atoms. The minimum atomic E-state index is -0.273. The number of aromatic nitrogens is 2. The summed E-state index contributed by atoms with van der Waals surface area (Å²) in [7, 11) is 1.37. The minimum Gasteiger partial charge on any atom is -0.469 e. The second-order valence-corrected chi connectivity index (χ2v) is 5.49. The van der Waals surface area contributed by atoms with E-state index < -0.39 is 0 Å². The number of carbonyl (C=O) groups excluding carboxylic acids is 1. The molecule has 3 rings (SSSR count).